The molecule has 0 aliphatic rings. The molecule has 18 heavy (non-hydrogen) atoms. The highest BCUT2D eigenvalue weighted by molar-refractivity contribution is 6.74. The molecule has 0 saturated heterocycles. The van der Waals surface area contributed by atoms with Gasteiger partial charge in [0.15, 0.2) is 0 Å². The van der Waals surface area contributed by atoms with Crippen LogP contribution in [0.15, 0.2) is 24.3 Å². The average Bonchev–Trinajstić information content (AvgIpc) is 2.28. The Hall–Kier alpha value is -1.17. The van der Waals surface area contributed by atoms with E-state index < -0.39 is 18.0 Å². The Bertz CT molecular complexity index is 391. The third kappa shape index (κ3) is 4.25. The Labute approximate surface area is 105 Å². The van der Waals surface area contributed by atoms with Crippen molar-refractivity contribution in [1.82, 2.24) is 0 Å². The molecule has 0 aromatic heterocycles. The number of methoxy groups -OCH3 is 1. The van der Waals surface area contributed by atoms with Crippen LogP contribution in [0.3, 0.4) is 0 Å². The first kappa shape index (κ1) is 14.9. The van der Waals surface area contributed by atoms with E-state index in [9.17, 15) is 12.9 Å². The molecule has 0 fully saturated rings. The summed E-state index contributed by atoms with van der Waals surface area (Å²) in [7, 11) is 1.56. The van der Waals surface area contributed by atoms with Crippen molar-refractivity contribution in [3.05, 3.63) is 24.3 Å². The van der Waals surface area contributed by atoms with Crippen LogP contribution >= 0.6 is 0 Å². The minimum absolute atomic E-state index is 0.114. The largest absolute Gasteiger partial charge is 0.513 e. The van der Waals surface area contributed by atoms with Crippen LogP contribution in [-0.2, 0) is 4.74 Å². The molecular weight excluding hydrogens is 244 g/mol. The van der Waals surface area contributed by atoms with Crippen LogP contribution in [-0.4, -0.2) is 26.3 Å². The maximum Gasteiger partial charge on any atom is 0.513 e. The van der Waals surface area contributed by atoms with Gasteiger partial charge in [-0.05, 0) is 19.9 Å². The SMILES string of the molecule is COC(C)(C)CCOc1ccccc1[B-](F)(F)F. The third-order valence-corrected chi connectivity index (χ3v) is 2.79. The highest BCUT2D eigenvalue weighted by Crippen LogP contribution is 2.19. The maximum atomic E-state index is 12.7. The van der Waals surface area contributed by atoms with Gasteiger partial charge in [-0.2, -0.15) is 0 Å². The van der Waals surface area contributed by atoms with Gasteiger partial charge in [0.25, 0.3) is 0 Å². The fraction of sp³-hybridized carbons (Fsp3) is 0.500. The van der Waals surface area contributed by atoms with Crippen molar-refractivity contribution in [1.29, 1.82) is 0 Å². The second kappa shape index (κ2) is 5.65. The molecule has 0 bridgehead atoms. The lowest BCUT2D eigenvalue weighted by Gasteiger charge is -2.24. The van der Waals surface area contributed by atoms with Crippen LogP contribution in [0.1, 0.15) is 20.3 Å². The summed E-state index contributed by atoms with van der Waals surface area (Å²) in [6.45, 7) is -1.15. The number of hydrogen-bond donors (Lipinski definition) is 0. The monoisotopic (exact) mass is 261 g/mol. The molecule has 6 heteroatoms. The number of hydrogen-bond acceptors (Lipinski definition) is 2. The van der Waals surface area contributed by atoms with Crippen LogP contribution in [0.4, 0.5) is 12.9 Å². The van der Waals surface area contributed by atoms with Crippen LogP contribution in [0.5, 0.6) is 5.75 Å². The average molecular weight is 261 g/mol. The molecule has 102 valence electrons. The zero-order chi connectivity index (χ0) is 13.8. The van der Waals surface area contributed by atoms with E-state index in [2.05, 4.69) is 0 Å². The predicted molar refractivity (Wildman–Crippen MR) is 66.4 cm³/mol. The molecule has 1 aromatic carbocycles. The molecule has 0 unspecified atom stereocenters. The zero-order valence-electron chi connectivity index (χ0n) is 10.8. The van der Waals surface area contributed by atoms with E-state index in [1.54, 1.807) is 7.11 Å². The molecule has 1 rings (SSSR count). The summed E-state index contributed by atoms with van der Waals surface area (Å²) in [5.74, 6) is -0.114. The molecule has 0 aliphatic carbocycles. The molecule has 0 atom stereocenters. The molecule has 0 spiro atoms. The van der Waals surface area contributed by atoms with Gasteiger partial charge >= 0.3 is 6.98 Å². The first-order valence-corrected chi connectivity index (χ1v) is 5.73. The summed E-state index contributed by atoms with van der Waals surface area (Å²) in [6.07, 6.45) is 0.517. The molecule has 2 nitrogen and oxygen atoms in total. The quantitative estimate of drug-likeness (QED) is 0.733. The van der Waals surface area contributed by atoms with Crippen LogP contribution in [0.2, 0.25) is 0 Å². The van der Waals surface area contributed by atoms with Gasteiger partial charge in [-0.25, -0.2) is 0 Å². The molecule has 0 heterocycles. The van der Waals surface area contributed by atoms with Gasteiger partial charge in [-0.1, -0.05) is 23.7 Å². The summed E-state index contributed by atoms with van der Waals surface area (Å²) >= 11 is 0. The number of halogens is 3. The summed E-state index contributed by atoms with van der Waals surface area (Å²) in [4.78, 5) is 0. The van der Waals surface area contributed by atoms with Gasteiger partial charge in [0.05, 0.1) is 18.0 Å². The lowest BCUT2D eigenvalue weighted by atomic mass is 9.79. The Kier molecular flexibility index (Phi) is 4.68. The van der Waals surface area contributed by atoms with Crippen LogP contribution in [0, 0.1) is 0 Å². The molecule has 0 radical (unpaired) electrons. The Morgan fingerprint density at radius 1 is 1.17 bits per heavy atom. The van der Waals surface area contributed by atoms with Gasteiger partial charge in [0.1, 0.15) is 0 Å². The highest BCUT2D eigenvalue weighted by atomic mass is 19.4. The van der Waals surface area contributed by atoms with Crippen molar-refractivity contribution in [2.45, 2.75) is 25.9 Å². The summed E-state index contributed by atoms with van der Waals surface area (Å²) < 4.78 is 48.6. The van der Waals surface area contributed by atoms with E-state index in [4.69, 9.17) is 9.47 Å². The maximum absolute atomic E-state index is 12.7. The fourth-order valence-electron chi connectivity index (χ4n) is 1.39. The van der Waals surface area contributed by atoms with E-state index in [0.717, 1.165) is 6.07 Å². The Morgan fingerprint density at radius 3 is 2.33 bits per heavy atom. The topological polar surface area (TPSA) is 18.5 Å². The third-order valence-electron chi connectivity index (χ3n) is 2.79. The summed E-state index contributed by atoms with van der Waals surface area (Å²) in [5.41, 5.74) is -1.09. The van der Waals surface area contributed by atoms with Crippen LogP contribution in [0.25, 0.3) is 0 Å². The smallest absolute Gasteiger partial charge is 0.496 e. The number of rotatable bonds is 6. The van der Waals surface area contributed by atoms with Crippen molar-refractivity contribution in [3.63, 3.8) is 0 Å². The molecule has 0 saturated carbocycles. The Balaban J connectivity index is 2.69. The lowest BCUT2D eigenvalue weighted by Crippen LogP contribution is -2.35. The van der Waals surface area contributed by atoms with Gasteiger partial charge in [-0.3, -0.25) is 0 Å². The van der Waals surface area contributed by atoms with Gasteiger partial charge in [-0.15, -0.1) is 0 Å². The van der Waals surface area contributed by atoms with Gasteiger partial charge in [0, 0.05) is 13.5 Å². The summed E-state index contributed by atoms with van der Waals surface area (Å²) in [6, 6.07) is 5.26. The van der Waals surface area contributed by atoms with E-state index in [-0.39, 0.29) is 12.4 Å². The normalized spacial score (nSPS) is 12.6. The first-order valence-electron chi connectivity index (χ1n) is 5.73. The zero-order valence-corrected chi connectivity index (χ0v) is 10.8. The Morgan fingerprint density at radius 2 is 1.78 bits per heavy atom. The van der Waals surface area contributed by atoms with Crippen LogP contribution < -0.4 is 10.2 Å². The van der Waals surface area contributed by atoms with E-state index in [1.165, 1.54) is 18.2 Å². The van der Waals surface area contributed by atoms with E-state index in [1.807, 2.05) is 13.8 Å². The number of benzene rings is 1. The second-order valence-electron chi connectivity index (χ2n) is 4.67. The standard InChI is InChI=1S/C12H17BF3O2/c1-12(2,17-3)8-9-18-11-7-5-4-6-10(11)13(14,15)16/h4-7H,8-9H2,1-3H3/q-1. The van der Waals surface area contributed by atoms with Crippen molar-refractivity contribution in [3.8, 4) is 5.75 Å². The number of ether oxygens (including phenoxy) is 2. The van der Waals surface area contributed by atoms with Crippen molar-refractivity contribution in [2.24, 2.45) is 0 Å². The molecular formula is C12H17BF3O2-. The highest BCUT2D eigenvalue weighted by Gasteiger charge is 2.29. The van der Waals surface area contributed by atoms with Gasteiger partial charge < -0.3 is 22.4 Å². The van der Waals surface area contributed by atoms with E-state index >= 15 is 0 Å². The predicted octanol–water partition coefficient (Wildman–Crippen LogP) is 2.93. The molecule has 0 amide bonds. The van der Waals surface area contributed by atoms with E-state index in [0.29, 0.717) is 6.42 Å². The van der Waals surface area contributed by atoms with Gasteiger partial charge in [0.2, 0.25) is 0 Å². The first-order chi connectivity index (χ1) is 8.26. The van der Waals surface area contributed by atoms with Crippen molar-refractivity contribution < 1.29 is 22.4 Å². The fourth-order valence-corrected chi connectivity index (χ4v) is 1.39. The molecule has 0 aliphatic heterocycles. The van der Waals surface area contributed by atoms with Crippen molar-refractivity contribution in [2.75, 3.05) is 13.7 Å². The second-order valence-corrected chi connectivity index (χ2v) is 4.67. The molecule has 0 N–H and O–H groups in total. The minimum Gasteiger partial charge on any atom is -0.496 e. The van der Waals surface area contributed by atoms with Crippen molar-refractivity contribution >= 4 is 12.4 Å². The summed E-state index contributed by atoms with van der Waals surface area (Å²) in [5, 5.41) is 0. The molecule has 1 aromatic rings. The number of para-hydroxylation sites is 1. The minimum atomic E-state index is -5.04. The lowest BCUT2D eigenvalue weighted by molar-refractivity contribution is 0.00553.